The molecule has 4 heteroatoms. The summed E-state index contributed by atoms with van der Waals surface area (Å²) in [7, 11) is 0. The lowest BCUT2D eigenvalue weighted by Crippen LogP contribution is -2.04. The smallest absolute Gasteiger partial charge is 0.162 e. The van der Waals surface area contributed by atoms with E-state index in [4.69, 9.17) is 9.97 Å². The molecule has 0 aliphatic rings. The summed E-state index contributed by atoms with van der Waals surface area (Å²) in [6.07, 6.45) is 0. The van der Waals surface area contributed by atoms with Gasteiger partial charge in [0.25, 0.3) is 0 Å². The van der Waals surface area contributed by atoms with Crippen LogP contribution in [-0.4, -0.2) is 19.1 Å². The van der Waals surface area contributed by atoms with Crippen LogP contribution in [0.4, 0.5) is 0 Å². The topological polar surface area (TPSA) is 35.6 Å². The SMILES string of the molecule is CC.c1ccc(-c2cc(-n3c(-c4ccc(-c5ccc(-n6c7ccccc7c7ccccc76)cc5)cc4)cc4ccccc43)nc(-c3ccccc3)n2)cc1. The Morgan fingerprint density at radius 1 is 0.370 bits per heavy atom. The standard InChI is InChI=1S/C48H32N4.C2H6/c1-3-13-35(14-4-1)42-32-47(50-48(49-42)37-15-5-2-6-16-37)52-43-20-10-7-17-38(43)31-46(52)36-25-23-33(24-26-36)34-27-29-39(30-28-34)51-44-21-11-8-18-40(44)41-19-9-12-22-45(41)51;1-2/h1-32H;1-2H3. The Bertz CT molecular complexity index is 2760. The summed E-state index contributed by atoms with van der Waals surface area (Å²) in [5.41, 5.74) is 12.1. The van der Waals surface area contributed by atoms with Crippen LogP contribution in [0.1, 0.15) is 13.8 Å². The maximum absolute atomic E-state index is 5.19. The van der Waals surface area contributed by atoms with Crippen LogP contribution in [-0.2, 0) is 0 Å². The van der Waals surface area contributed by atoms with E-state index in [9.17, 15) is 0 Å². The van der Waals surface area contributed by atoms with Crippen LogP contribution >= 0.6 is 0 Å². The highest BCUT2D eigenvalue weighted by molar-refractivity contribution is 6.09. The van der Waals surface area contributed by atoms with Crippen LogP contribution < -0.4 is 0 Å². The van der Waals surface area contributed by atoms with E-state index in [1.807, 2.05) is 38.1 Å². The minimum atomic E-state index is 0.695. The Kier molecular flexibility index (Phi) is 8.62. The number of aromatic nitrogens is 4. The Hall–Kier alpha value is -7.04. The zero-order valence-corrected chi connectivity index (χ0v) is 30.3. The molecule has 3 heterocycles. The monoisotopic (exact) mass is 694 g/mol. The molecule has 10 aromatic rings. The normalized spacial score (nSPS) is 11.1. The summed E-state index contributed by atoms with van der Waals surface area (Å²) >= 11 is 0. The molecule has 0 saturated carbocycles. The Morgan fingerprint density at radius 2 is 0.870 bits per heavy atom. The molecular weight excluding hydrogens is 657 g/mol. The fraction of sp³-hybridized carbons (Fsp3) is 0.0400. The summed E-state index contributed by atoms with van der Waals surface area (Å²) < 4.78 is 4.63. The van der Waals surface area contributed by atoms with E-state index in [1.165, 1.54) is 32.9 Å². The van der Waals surface area contributed by atoms with E-state index in [2.05, 4.69) is 179 Å². The molecule has 0 bridgehead atoms. The zero-order valence-electron chi connectivity index (χ0n) is 30.3. The van der Waals surface area contributed by atoms with E-state index < -0.39 is 0 Å². The first kappa shape index (κ1) is 32.8. The van der Waals surface area contributed by atoms with Gasteiger partial charge in [0.2, 0.25) is 0 Å². The molecule has 0 atom stereocenters. The lowest BCUT2D eigenvalue weighted by atomic mass is 10.0. The average Bonchev–Trinajstić information content (AvgIpc) is 3.82. The summed E-state index contributed by atoms with van der Waals surface area (Å²) in [6, 6.07) is 68.5. The van der Waals surface area contributed by atoms with Crippen molar-refractivity contribution in [2.75, 3.05) is 0 Å². The molecule has 10 rings (SSSR count). The Morgan fingerprint density at radius 3 is 1.50 bits per heavy atom. The number of nitrogens with zero attached hydrogens (tertiary/aromatic N) is 4. The van der Waals surface area contributed by atoms with Gasteiger partial charge in [-0.25, -0.2) is 9.97 Å². The molecule has 258 valence electrons. The third-order valence-corrected chi connectivity index (χ3v) is 9.97. The van der Waals surface area contributed by atoms with Crippen molar-refractivity contribution in [2.24, 2.45) is 0 Å². The first-order valence-electron chi connectivity index (χ1n) is 18.6. The highest BCUT2D eigenvalue weighted by Gasteiger charge is 2.17. The Labute approximate surface area is 315 Å². The average molecular weight is 695 g/mol. The molecule has 0 aliphatic carbocycles. The quantitative estimate of drug-likeness (QED) is 0.174. The largest absolute Gasteiger partial charge is 0.309 e. The number of rotatable bonds is 6. The first-order chi connectivity index (χ1) is 26.8. The van der Waals surface area contributed by atoms with Crippen LogP contribution in [0.15, 0.2) is 194 Å². The molecule has 0 fully saturated rings. The number of fused-ring (bicyclic) bond motifs is 4. The van der Waals surface area contributed by atoms with Crippen molar-refractivity contribution in [1.82, 2.24) is 19.1 Å². The number of benzene rings is 7. The third kappa shape index (κ3) is 5.84. The molecule has 7 aromatic carbocycles. The van der Waals surface area contributed by atoms with E-state index >= 15 is 0 Å². The van der Waals surface area contributed by atoms with Crippen molar-refractivity contribution in [1.29, 1.82) is 0 Å². The van der Waals surface area contributed by atoms with Gasteiger partial charge in [0, 0.05) is 39.0 Å². The first-order valence-corrected chi connectivity index (χ1v) is 18.6. The second-order valence-electron chi connectivity index (χ2n) is 13.1. The van der Waals surface area contributed by atoms with Gasteiger partial charge in [-0.05, 0) is 53.1 Å². The fourth-order valence-corrected chi connectivity index (χ4v) is 7.47. The van der Waals surface area contributed by atoms with Crippen molar-refractivity contribution in [3.63, 3.8) is 0 Å². The van der Waals surface area contributed by atoms with Crippen molar-refractivity contribution in [3.8, 4) is 56.5 Å². The summed E-state index contributed by atoms with van der Waals surface area (Å²) in [6.45, 7) is 4.00. The number of para-hydroxylation sites is 3. The van der Waals surface area contributed by atoms with Gasteiger partial charge in [-0.2, -0.15) is 0 Å². The van der Waals surface area contributed by atoms with Crippen molar-refractivity contribution in [2.45, 2.75) is 13.8 Å². The summed E-state index contributed by atoms with van der Waals surface area (Å²) in [5.74, 6) is 1.52. The zero-order chi connectivity index (χ0) is 36.4. The molecule has 0 amide bonds. The predicted molar refractivity (Wildman–Crippen MR) is 226 cm³/mol. The maximum Gasteiger partial charge on any atom is 0.162 e. The van der Waals surface area contributed by atoms with Gasteiger partial charge in [0.1, 0.15) is 5.82 Å². The van der Waals surface area contributed by atoms with Gasteiger partial charge in [-0.1, -0.05) is 166 Å². The molecule has 0 N–H and O–H groups in total. The number of hydrogen-bond donors (Lipinski definition) is 0. The lowest BCUT2D eigenvalue weighted by Gasteiger charge is -2.14. The van der Waals surface area contributed by atoms with Crippen LogP contribution in [0.25, 0.3) is 89.2 Å². The summed E-state index contributed by atoms with van der Waals surface area (Å²) in [5, 5.41) is 3.69. The molecule has 0 spiro atoms. The highest BCUT2D eigenvalue weighted by Crippen LogP contribution is 2.36. The van der Waals surface area contributed by atoms with Crippen molar-refractivity contribution in [3.05, 3.63) is 194 Å². The summed E-state index contributed by atoms with van der Waals surface area (Å²) in [4.78, 5) is 10.2. The third-order valence-electron chi connectivity index (χ3n) is 9.97. The molecule has 0 saturated heterocycles. The van der Waals surface area contributed by atoms with E-state index in [0.29, 0.717) is 5.82 Å². The number of hydrogen-bond acceptors (Lipinski definition) is 2. The van der Waals surface area contributed by atoms with Crippen LogP contribution in [0, 0.1) is 0 Å². The van der Waals surface area contributed by atoms with Crippen molar-refractivity contribution < 1.29 is 0 Å². The van der Waals surface area contributed by atoms with Gasteiger partial charge in [-0.3, -0.25) is 4.57 Å². The second-order valence-corrected chi connectivity index (χ2v) is 13.1. The van der Waals surface area contributed by atoms with Gasteiger partial charge < -0.3 is 4.57 Å². The van der Waals surface area contributed by atoms with Crippen LogP contribution in [0.2, 0.25) is 0 Å². The van der Waals surface area contributed by atoms with Gasteiger partial charge in [0.05, 0.1) is 27.9 Å². The fourth-order valence-electron chi connectivity index (χ4n) is 7.47. The van der Waals surface area contributed by atoms with E-state index in [1.54, 1.807) is 0 Å². The highest BCUT2D eigenvalue weighted by atomic mass is 15.1. The molecule has 3 aromatic heterocycles. The van der Waals surface area contributed by atoms with Gasteiger partial charge in [-0.15, -0.1) is 0 Å². The van der Waals surface area contributed by atoms with Gasteiger partial charge >= 0.3 is 0 Å². The van der Waals surface area contributed by atoms with Crippen LogP contribution in [0.5, 0.6) is 0 Å². The van der Waals surface area contributed by atoms with Gasteiger partial charge in [0.15, 0.2) is 5.82 Å². The molecular formula is C50H38N4. The van der Waals surface area contributed by atoms with Crippen molar-refractivity contribution >= 4 is 32.7 Å². The molecule has 0 radical (unpaired) electrons. The molecule has 0 aliphatic heterocycles. The molecule has 4 nitrogen and oxygen atoms in total. The van der Waals surface area contributed by atoms with E-state index in [0.717, 1.165) is 50.5 Å². The maximum atomic E-state index is 5.19. The minimum absolute atomic E-state index is 0.695. The Balaban J connectivity index is 0.00000189. The second kappa shape index (κ2) is 14.2. The molecule has 54 heavy (non-hydrogen) atoms. The predicted octanol–water partition coefficient (Wildman–Crippen LogP) is 13.2. The van der Waals surface area contributed by atoms with E-state index in [-0.39, 0.29) is 0 Å². The molecule has 0 unspecified atom stereocenters. The van der Waals surface area contributed by atoms with Crippen LogP contribution in [0.3, 0.4) is 0 Å². The minimum Gasteiger partial charge on any atom is -0.309 e. The lowest BCUT2D eigenvalue weighted by molar-refractivity contribution is 1.02.